The van der Waals surface area contributed by atoms with Crippen LogP contribution in [0.5, 0.6) is 0 Å². The van der Waals surface area contributed by atoms with Gasteiger partial charge in [0.2, 0.25) is 5.91 Å². The van der Waals surface area contributed by atoms with Gasteiger partial charge in [-0.05, 0) is 42.4 Å². The first kappa shape index (κ1) is 13.9. The molecule has 1 aromatic rings. The van der Waals surface area contributed by atoms with Crippen molar-refractivity contribution in [3.63, 3.8) is 0 Å². The Kier molecular flexibility index (Phi) is 4.46. The SMILES string of the molecule is CC(CC(=O)N(C)CC1CCC1)c1ccc(N)cc1. The monoisotopic (exact) mass is 260 g/mol. The molecular formula is C16H24N2O. The summed E-state index contributed by atoms with van der Waals surface area (Å²) < 4.78 is 0. The highest BCUT2D eigenvalue weighted by Crippen LogP contribution is 2.27. The molecule has 0 spiro atoms. The van der Waals surface area contributed by atoms with Crippen molar-refractivity contribution in [3.05, 3.63) is 29.8 Å². The van der Waals surface area contributed by atoms with E-state index in [9.17, 15) is 4.79 Å². The first-order valence-electron chi connectivity index (χ1n) is 7.15. The van der Waals surface area contributed by atoms with E-state index in [2.05, 4.69) is 6.92 Å². The van der Waals surface area contributed by atoms with Gasteiger partial charge in [0.05, 0.1) is 0 Å². The summed E-state index contributed by atoms with van der Waals surface area (Å²) in [6.07, 6.45) is 4.47. The molecule has 1 aromatic carbocycles. The lowest BCUT2D eigenvalue weighted by Crippen LogP contribution is -2.34. The lowest BCUT2D eigenvalue weighted by Gasteiger charge is -2.30. The summed E-state index contributed by atoms with van der Waals surface area (Å²) in [7, 11) is 1.93. The van der Waals surface area contributed by atoms with Gasteiger partial charge < -0.3 is 10.6 Å². The minimum Gasteiger partial charge on any atom is -0.399 e. The molecule has 104 valence electrons. The zero-order valence-electron chi connectivity index (χ0n) is 11.9. The summed E-state index contributed by atoms with van der Waals surface area (Å²) in [6.45, 7) is 3.02. The van der Waals surface area contributed by atoms with Crippen molar-refractivity contribution in [1.82, 2.24) is 4.90 Å². The lowest BCUT2D eigenvalue weighted by atomic mass is 9.85. The van der Waals surface area contributed by atoms with Gasteiger partial charge in [0, 0.05) is 25.7 Å². The predicted molar refractivity (Wildman–Crippen MR) is 78.9 cm³/mol. The molecule has 0 heterocycles. The normalized spacial score (nSPS) is 16.7. The third-order valence-corrected chi connectivity index (χ3v) is 4.17. The Morgan fingerprint density at radius 2 is 2.00 bits per heavy atom. The van der Waals surface area contributed by atoms with Crippen molar-refractivity contribution >= 4 is 11.6 Å². The number of anilines is 1. The average molecular weight is 260 g/mol. The Bertz CT molecular complexity index is 423. The van der Waals surface area contributed by atoms with E-state index in [1.165, 1.54) is 24.8 Å². The van der Waals surface area contributed by atoms with Crippen LogP contribution in [-0.4, -0.2) is 24.4 Å². The summed E-state index contributed by atoms with van der Waals surface area (Å²) >= 11 is 0. The molecule has 0 bridgehead atoms. The van der Waals surface area contributed by atoms with E-state index in [0.717, 1.165) is 18.2 Å². The number of nitrogens with two attached hydrogens (primary N) is 1. The van der Waals surface area contributed by atoms with Crippen LogP contribution >= 0.6 is 0 Å². The number of nitrogen functional groups attached to an aromatic ring is 1. The van der Waals surface area contributed by atoms with E-state index in [1.807, 2.05) is 36.2 Å². The summed E-state index contributed by atoms with van der Waals surface area (Å²) in [5, 5.41) is 0. The second-order valence-electron chi connectivity index (χ2n) is 5.84. The molecule has 0 aromatic heterocycles. The highest BCUT2D eigenvalue weighted by atomic mass is 16.2. The highest BCUT2D eigenvalue weighted by molar-refractivity contribution is 5.76. The highest BCUT2D eigenvalue weighted by Gasteiger charge is 2.22. The van der Waals surface area contributed by atoms with Crippen molar-refractivity contribution in [2.24, 2.45) is 5.92 Å². The fourth-order valence-electron chi connectivity index (χ4n) is 2.52. The number of amides is 1. The zero-order chi connectivity index (χ0) is 13.8. The topological polar surface area (TPSA) is 46.3 Å². The fraction of sp³-hybridized carbons (Fsp3) is 0.562. The maximum atomic E-state index is 12.2. The summed E-state index contributed by atoms with van der Waals surface area (Å²) in [6, 6.07) is 7.82. The van der Waals surface area contributed by atoms with E-state index < -0.39 is 0 Å². The van der Waals surface area contributed by atoms with Gasteiger partial charge in [-0.3, -0.25) is 4.79 Å². The van der Waals surface area contributed by atoms with Crippen LogP contribution in [-0.2, 0) is 4.79 Å². The first-order valence-corrected chi connectivity index (χ1v) is 7.15. The number of rotatable bonds is 5. The Balaban J connectivity index is 1.84. The first-order chi connectivity index (χ1) is 9.06. The van der Waals surface area contributed by atoms with Gasteiger partial charge in [0.15, 0.2) is 0 Å². The molecule has 1 aliphatic carbocycles. The van der Waals surface area contributed by atoms with Crippen LogP contribution in [0.4, 0.5) is 5.69 Å². The molecule has 2 rings (SSSR count). The van der Waals surface area contributed by atoms with E-state index in [1.54, 1.807) is 0 Å². The van der Waals surface area contributed by atoms with Gasteiger partial charge in [-0.1, -0.05) is 25.5 Å². The number of hydrogen-bond acceptors (Lipinski definition) is 2. The molecule has 1 fully saturated rings. The Labute approximate surface area is 115 Å². The number of benzene rings is 1. The average Bonchev–Trinajstić information content (AvgIpc) is 2.34. The third kappa shape index (κ3) is 3.72. The summed E-state index contributed by atoms with van der Waals surface area (Å²) in [5.74, 6) is 1.23. The molecule has 0 aliphatic heterocycles. The number of hydrogen-bond donors (Lipinski definition) is 1. The van der Waals surface area contributed by atoms with Crippen molar-refractivity contribution < 1.29 is 4.79 Å². The zero-order valence-corrected chi connectivity index (χ0v) is 11.9. The molecule has 1 saturated carbocycles. The van der Waals surface area contributed by atoms with Crippen molar-refractivity contribution in [2.75, 3.05) is 19.3 Å². The standard InChI is InChI=1S/C16H24N2O/c1-12(14-6-8-15(17)9-7-14)10-16(19)18(2)11-13-4-3-5-13/h6-9,12-13H,3-5,10-11,17H2,1-2H3. The molecule has 3 heteroatoms. The minimum absolute atomic E-state index is 0.247. The molecule has 1 amide bonds. The van der Waals surface area contributed by atoms with Crippen LogP contribution in [0.3, 0.4) is 0 Å². The van der Waals surface area contributed by atoms with E-state index in [-0.39, 0.29) is 11.8 Å². The Morgan fingerprint density at radius 1 is 1.37 bits per heavy atom. The van der Waals surface area contributed by atoms with Crippen molar-refractivity contribution in [2.45, 2.75) is 38.5 Å². The van der Waals surface area contributed by atoms with Crippen LogP contribution in [0.25, 0.3) is 0 Å². The maximum absolute atomic E-state index is 12.2. The second kappa shape index (κ2) is 6.09. The van der Waals surface area contributed by atoms with Crippen LogP contribution < -0.4 is 5.73 Å². The third-order valence-electron chi connectivity index (χ3n) is 4.17. The molecular weight excluding hydrogens is 236 g/mol. The molecule has 1 atom stereocenters. The fourth-order valence-corrected chi connectivity index (χ4v) is 2.52. The molecule has 0 radical (unpaired) electrons. The van der Waals surface area contributed by atoms with Crippen molar-refractivity contribution in [1.29, 1.82) is 0 Å². The van der Waals surface area contributed by atoms with Crippen LogP contribution in [0.1, 0.15) is 44.1 Å². The van der Waals surface area contributed by atoms with Gasteiger partial charge in [0.25, 0.3) is 0 Å². The van der Waals surface area contributed by atoms with Gasteiger partial charge in [-0.2, -0.15) is 0 Å². The predicted octanol–water partition coefficient (Wildman–Crippen LogP) is 3.02. The maximum Gasteiger partial charge on any atom is 0.222 e. The lowest BCUT2D eigenvalue weighted by molar-refractivity contribution is -0.131. The smallest absolute Gasteiger partial charge is 0.222 e. The number of nitrogens with zero attached hydrogens (tertiary/aromatic N) is 1. The van der Waals surface area contributed by atoms with Crippen molar-refractivity contribution in [3.8, 4) is 0 Å². The minimum atomic E-state index is 0.247. The van der Waals surface area contributed by atoms with Crippen LogP contribution in [0.2, 0.25) is 0 Å². The molecule has 1 aliphatic rings. The van der Waals surface area contributed by atoms with Gasteiger partial charge >= 0.3 is 0 Å². The Hall–Kier alpha value is -1.51. The molecule has 0 saturated heterocycles. The van der Waals surface area contributed by atoms with E-state index >= 15 is 0 Å². The quantitative estimate of drug-likeness (QED) is 0.827. The summed E-state index contributed by atoms with van der Waals surface area (Å²) in [5.41, 5.74) is 7.63. The molecule has 1 unspecified atom stereocenters. The van der Waals surface area contributed by atoms with Gasteiger partial charge in [0.1, 0.15) is 0 Å². The molecule has 19 heavy (non-hydrogen) atoms. The second-order valence-corrected chi connectivity index (χ2v) is 5.84. The van der Waals surface area contributed by atoms with E-state index in [4.69, 9.17) is 5.73 Å². The van der Waals surface area contributed by atoms with Crippen LogP contribution in [0, 0.1) is 5.92 Å². The van der Waals surface area contributed by atoms with Gasteiger partial charge in [-0.25, -0.2) is 0 Å². The Morgan fingerprint density at radius 3 is 2.53 bits per heavy atom. The number of carbonyl (C=O) groups excluding carboxylic acids is 1. The van der Waals surface area contributed by atoms with E-state index in [0.29, 0.717) is 6.42 Å². The van der Waals surface area contributed by atoms with Gasteiger partial charge in [-0.15, -0.1) is 0 Å². The largest absolute Gasteiger partial charge is 0.399 e. The van der Waals surface area contributed by atoms with Crippen LogP contribution in [0.15, 0.2) is 24.3 Å². The summed E-state index contributed by atoms with van der Waals surface area (Å²) in [4.78, 5) is 14.1. The molecule has 3 nitrogen and oxygen atoms in total. The number of carbonyl (C=O) groups is 1. The molecule has 2 N–H and O–H groups in total.